The molecule has 3 rings (SSSR count). The van der Waals surface area contributed by atoms with Crippen LogP contribution in [-0.2, 0) is 11.2 Å². The van der Waals surface area contributed by atoms with Crippen molar-refractivity contribution in [2.75, 3.05) is 14.1 Å². The predicted molar refractivity (Wildman–Crippen MR) is 122 cm³/mol. The average molecular weight is 426 g/mol. The van der Waals surface area contributed by atoms with E-state index in [-0.39, 0.29) is 29.8 Å². The molecule has 0 saturated heterocycles. The van der Waals surface area contributed by atoms with Gasteiger partial charge in [0.2, 0.25) is 5.91 Å². The lowest BCUT2D eigenvalue weighted by Crippen LogP contribution is -2.21. The lowest BCUT2D eigenvalue weighted by atomic mass is 9.86. The quantitative estimate of drug-likeness (QED) is 0.495. The molecule has 1 aliphatic heterocycles. The van der Waals surface area contributed by atoms with E-state index in [4.69, 9.17) is 4.74 Å². The van der Waals surface area contributed by atoms with E-state index in [9.17, 15) is 15.0 Å². The number of para-hydroxylation sites is 1. The first kappa shape index (κ1) is 23.4. The lowest BCUT2D eigenvalue weighted by Gasteiger charge is -2.19. The van der Waals surface area contributed by atoms with Gasteiger partial charge in [-0.2, -0.15) is 0 Å². The van der Waals surface area contributed by atoms with Crippen molar-refractivity contribution >= 4 is 5.91 Å². The number of hydrogen-bond acceptors (Lipinski definition) is 4. The summed E-state index contributed by atoms with van der Waals surface area (Å²) in [6.45, 7) is 3.78. The summed E-state index contributed by atoms with van der Waals surface area (Å²) in [6.07, 6.45) is 5.98. The number of carbonyl (C=O) groups is 1. The maximum Gasteiger partial charge on any atom is 0.222 e. The van der Waals surface area contributed by atoms with Crippen LogP contribution < -0.4 is 4.74 Å². The van der Waals surface area contributed by atoms with Crippen LogP contribution in [-0.4, -0.2) is 53.4 Å². The molecule has 1 amide bonds. The van der Waals surface area contributed by atoms with Crippen molar-refractivity contribution in [3.63, 3.8) is 0 Å². The molecular formula is C26H35NO4. The molecule has 0 radical (unpaired) electrons. The fraction of sp³-hybridized carbons (Fsp3) is 0.577. The summed E-state index contributed by atoms with van der Waals surface area (Å²) in [5.74, 6) is 6.98. The minimum Gasteiger partial charge on any atom is -0.489 e. The van der Waals surface area contributed by atoms with Gasteiger partial charge in [-0.05, 0) is 31.2 Å². The molecule has 1 heterocycles. The van der Waals surface area contributed by atoms with E-state index in [1.165, 1.54) is 0 Å². The smallest absolute Gasteiger partial charge is 0.222 e. The molecule has 6 atom stereocenters. The molecule has 0 spiro atoms. The topological polar surface area (TPSA) is 70.0 Å². The van der Waals surface area contributed by atoms with Gasteiger partial charge in [-0.3, -0.25) is 4.79 Å². The van der Waals surface area contributed by atoms with Crippen LogP contribution in [0, 0.1) is 23.7 Å². The first-order chi connectivity index (χ1) is 14.8. The minimum absolute atomic E-state index is 0.0432. The van der Waals surface area contributed by atoms with Crippen LogP contribution in [0.3, 0.4) is 0 Å². The van der Waals surface area contributed by atoms with Crippen LogP contribution in [0.4, 0.5) is 0 Å². The molecule has 1 saturated carbocycles. The van der Waals surface area contributed by atoms with Crippen molar-refractivity contribution < 1.29 is 19.7 Å². The summed E-state index contributed by atoms with van der Waals surface area (Å²) < 4.78 is 6.31. The SMILES string of the molecule is CC#CC[C@H](C)[C@H](O)C=C[C@@H]1[C@H]2c3cccc(CCCC(=O)N(C)C)c3O[C@H]2C[C@H]1O. The monoisotopic (exact) mass is 425 g/mol. The number of aliphatic hydroxyl groups is 2. The molecule has 1 aromatic rings. The summed E-state index contributed by atoms with van der Waals surface area (Å²) in [5.41, 5.74) is 2.26. The van der Waals surface area contributed by atoms with Crippen molar-refractivity contribution in [3.05, 3.63) is 41.5 Å². The molecule has 5 heteroatoms. The standard InChI is InChI=1S/C26H35NO4/c1-5-6-9-17(2)21(28)15-14-19-22(29)16-23-25(19)20-12-7-10-18(26(20)31-23)11-8-13-24(30)27(3)4/h7,10,12,14-15,17,19,21-23,25,28-29H,8-9,11,13,16H2,1-4H3/t17-,19-,21+,22+,23-,25-/m0/s1. The van der Waals surface area contributed by atoms with E-state index in [1.54, 1.807) is 25.9 Å². The maximum atomic E-state index is 11.9. The Morgan fingerprint density at radius 1 is 1.39 bits per heavy atom. The highest BCUT2D eigenvalue weighted by atomic mass is 16.5. The molecule has 1 fully saturated rings. The highest BCUT2D eigenvalue weighted by molar-refractivity contribution is 5.75. The van der Waals surface area contributed by atoms with Crippen LogP contribution in [0.2, 0.25) is 0 Å². The number of ether oxygens (including phenoxy) is 1. The van der Waals surface area contributed by atoms with Crippen LogP contribution in [0.1, 0.15) is 56.6 Å². The van der Waals surface area contributed by atoms with E-state index >= 15 is 0 Å². The summed E-state index contributed by atoms with van der Waals surface area (Å²) in [5, 5.41) is 21.1. The Kier molecular flexibility index (Phi) is 7.80. The highest BCUT2D eigenvalue weighted by Gasteiger charge is 2.48. The molecule has 2 N–H and O–H groups in total. The van der Waals surface area contributed by atoms with Gasteiger partial charge >= 0.3 is 0 Å². The van der Waals surface area contributed by atoms with Gasteiger partial charge in [0, 0.05) is 50.8 Å². The molecular weight excluding hydrogens is 390 g/mol. The van der Waals surface area contributed by atoms with Gasteiger partial charge < -0.3 is 19.8 Å². The second-order valence-corrected chi connectivity index (χ2v) is 9.02. The zero-order chi connectivity index (χ0) is 22.5. The highest BCUT2D eigenvalue weighted by Crippen LogP contribution is 2.52. The fourth-order valence-electron chi connectivity index (χ4n) is 4.63. The number of nitrogens with zero attached hydrogens (tertiary/aromatic N) is 1. The molecule has 2 aliphatic rings. The van der Waals surface area contributed by atoms with Gasteiger partial charge in [0.15, 0.2) is 0 Å². The number of benzene rings is 1. The summed E-state index contributed by atoms with van der Waals surface area (Å²) in [6, 6.07) is 6.20. The van der Waals surface area contributed by atoms with Crippen molar-refractivity contribution in [3.8, 4) is 17.6 Å². The Balaban J connectivity index is 1.72. The number of carbonyl (C=O) groups excluding carboxylic acids is 1. The second-order valence-electron chi connectivity index (χ2n) is 9.02. The van der Waals surface area contributed by atoms with E-state index in [0.29, 0.717) is 19.3 Å². The molecule has 168 valence electrons. The molecule has 1 aromatic carbocycles. The Hall–Kier alpha value is -2.29. The normalized spacial score (nSPS) is 25.9. The fourth-order valence-corrected chi connectivity index (χ4v) is 4.63. The van der Waals surface area contributed by atoms with Gasteiger partial charge in [0.25, 0.3) is 0 Å². The van der Waals surface area contributed by atoms with Crippen molar-refractivity contribution in [1.29, 1.82) is 0 Å². The van der Waals surface area contributed by atoms with Crippen LogP contribution in [0.5, 0.6) is 5.75 Å². The maximum absolute atomic E-state index is 11.9. The number of aliphatic hydroxyl groups excluding tert-OH is 2. The van der Waals surface area contributed by atoms with Gasteiger partial charge in [-0.1, -0.05) is 37.3 Å². The number of fused-ring (bicyclic) bond motifs is 3. The summed E-state index contributed by atoms with van der Waals surface area (Å²) >= 11 is 0. The van der Waals surface area contributed by atoms with Crippen LogP contribution >= 0.6 is 0 Å². The van der Waals surface area contributed by atoms with E-state index in [0.717, 1.165) is 29.7 Å². The van der Waals surface area contributed by atoms with E-state index in [2.05, 4.69) is 24.0 Å². The first-order valence-electron chi connectivity index (χ1n) is 11.3. The molecule has 0 bridgehead atoms. The number of aryl methyl sites for hydroxylation is 1. The van der Waals surface area contributed by atoms with Gasteiger partial charge in [-0.15, -0.1) is 11.8 Å². The Morgan fingerprint density at radius 3 is 2.87 bits per heavy atom. The van der Waals surface area contributed by atoms with Gasteiger partial charge in [-0.25, -0.2) is 0 Å². The first-order valence-corrected chi connectivity index (χ1v) is 11.3. The Bertz CT molecular complexity index is 866. The molecule has 0 aromatic heterocycles. The Morgan fingerprint density at radius 2 is 2.16 bits per heavy atom. The minimum atomic E-state index is -0.588. The molecule has 31 heavy (non-hydrogen) atoms. The third-order valence-corrected chi connectivity index (χ3v) is 6.54. The van der Waals surface area contributed by atoms with E-state index in [1.807, 2.05) is 25.1 Å². The summed E-state index contributed by atoms with van der Waals surface area (Å²) in [7, 11) is 3.56. The van der Waals surface area contributed by atoms with Crippen molar-refractivity contribution in [1.82, 2.24) is 4.90 Å². The predicted octanol–water partition coefficient (Wildman–Crippen LogP) is 3.29. The van der Waals surface area contributed by atoms with Crippen molar-refractivity contribution in [2.24, 2.45) is 11.8 Å². The third kappa shape index (κ3) is 5.31. The number of rotatable bonds is 8. The average Bonchev–Trinajstić information content (AvgIpc) is 3.25. The zero-order valence-corrected chi connectivity index (χ0v) is 19.0. The van der Waals surface area contributed by atoms with Crippen LogP contribution in [0.25, 0.3) is 0 Å². The van der Waals surface area contributed by atoms with E-state index < -0.39 is 12.2 Å². The molecule has 0 unspecified atom stereocenters. The Labute approximate surface area is 186 Å². The van der Waals surface area contributed by atoms with Crippen LogP contribution in [0.15, 0.2) is 30.4 Å². The summed E-state index contributed by atoms with van der Waals surface area (Å²) in [4.78, 5) is 13.5. The van der Waals surface area contributed by atoms with Crippen molar-refractivity contribution in [2.45, 2.75) is 70.2 Å². The van der Waals surface area contributed by atoms with Gasteiger partial charge in [0.1, 0.15) is 11.9 Å². The van der Waals surface area contributed by atoms with Gasteiger partial charge in [0.05, 0.1) is 12.2 Å². The largest absolute Gasteiger partial charge is 0.489 e. The lowest BCUT2D eigenvalue weighted by molar-refractivity contribution is -0.128. The molecule has 1 aliphatic carbocycles. The molecule has 5 nitrogen and oxygen atoms in total. The zero-order valence-electron chi connectivity index (χ0n) is 19.0. The number of hydrogen-bond donors (Lipinski definition) is 2. The second kappa shape index (κ2) is 10.3. The number of amides is 1. The third-order valence-electron chi connectivity index (χ3n) is 6.54.